The number of rotatable bonds is 10. The number of nitrogens with two attached hydrogens (primary N) is 1. The van der Waals surface area contributed by atoms with Gasteiger partial charge < -0.3 is 30.1 Å². The SMILES string of the molecule is CCOC(=O)c1c[n+]([O-])c(-c2nc(N(Cc3ccc(OC)cc3)Cc3ccc(OC)cc3)cc(C)c2C(F)(F)F)c(F)c1N. The maximum absolute atomic E-state index is 15.7. The number of aromatic nitrogens is 2. The van der Waals surface area contributed by atoms with Crippen LogP contribution < -0.4 is 24.8 Å². The van der Waals surface area contributed by atoms with Crippen LogP contribution in [0.2, 0.25) is 0 Å². The molecule has 4 rings (SSSR count). The highest BCUT2D eigenvalue weighted by molar-refractivity contribution is 5.95. The van der Waals surface area contributed by atoms with Crippen LogP contribution in [0.5, 0.6) is 11.5 Å². The molecule has 0 fully saturated rings. The summed E-state index contributed by atoms with van der Waals surface area (Å²) in [6, 6.07) is 15.3. The van der Waals surface area contributed by atoms with Crippen LogP contribution in [0.3, 0.4) is 0 Å². The first-order chi connectivity index (χ1) is 20.9. The van der Waals surface area contributed by atoms with Crippen molar-refractivity contribution in [1.29, 1.82) is 0 Å². The second kappa shape index (κ2) is 13.1. The second-order valence-corrected chi connectivity index (χ2v) is 9.74. The maximum atomic E-state index is 15.7. The Kier molecular flexibility index (Phi) is 9.46. The van der Waals surface area contributed by atoms with Crippen molar-refractivity contribution in [2.24, 2.45) is 0 Å². The van der Waals surface area contributed by atoms with Gasteiger partial charge in [0.25, 0.3) is 5.69 Å². The number of benzene rings is 2. The molecule has 13 heteroatoms. The van der Waals surface area contributed by atoms with Gasteiger partial charge in [0.2, 0.25) is 5.82 Å². The van der Waals surface area contributed by atoms with E-state index in [1.807, 2.05) is 0 Å². The molecule has 2 N–H and O–H groups in total. The maximum Gasteiger partial charge on any atom is 0.419 e. The Morgan fingerprint density at radius 3 is 1.98 bits per heavy atom. The number of alkyl halides is 3. The van der Waals surface area contributed by atoms with Crippen LogP contribution in [0, 0.1) is 17.9 Å². The molecule has 44 heavy (non-hydrogen) atoms. The molecule has 0 spiro atoms. The van der Waals surface area contributed by atoms with Gasteiger partial charge in [-0.25, -0.2) is 9.78 Å². The van der Waals surface area contributed by atoms with Crippen LogP contribution in [-0.4, -0.2) is 31.8 Å². The quantitative estimate of drug-likeness (QED) is 0.103. The van der Waals surface area contributed by atoms with Gasteiger partial charge in [-0.2, -0.15) is 22.3 Å². The minimum Gasteiger partial charge on any atom is -0.618 e. The lowest BCUT2D eigenvalue weighted by molar-refractivity contribution is -0.595. The molecule has 2 heterocycles. The van der Waals surface area contributed by atoms with Crippen molar-refractivity contribution >= 4 is 17.5 Å². The zero-order chi connectivity index (χ0) is 32.2. The molecule has 0 saturated heterocycles. The molecule has 4 aromatic rings. The number of nitrogens with zero attached hydrogens (tertiary/aromatic N) is 3. The topological polar surface area (TPSA) is 114 Å². The summed E-state index contributed by atoms with van der Waals surface area (Å²) in [4.78, 5) is 18.1. The monoisotopic (exact) mass is 614 g/mol. The fourth-order valence-electron chi connectivity index (χ4n) is 4.64. The number of hydrogen-bond donors (Lipinski definition) is 1. The number of carbonyl (C=O) groups is 1. The Morgan fingerprint density at radius 2 is 1.52 bits per heavy atom. The normalized spacial score (nSPS) is 11.3. The van der Waals surface area contributed by atoms with Crippen molar-refractivity contribution in [3.63, 3.8) is 0 Å². The third kappa shape index (κ3) is 6.77. The number of methoxy groups -OCH3 is 2. The van der Waals surface area contributed by atoms with E-state index in [0.29, 0.717) is 17.7 Å². The van der Waals surface area contributed by atoms with E-state index < -0.39 is 46.2 Å². The van der Waals surface area contributed by atoms with Crippen LogP contribution >= 0.6 is 0 Å². The fourth-order valence-corrected chi connectivity index (χ4v) is 4.64. The van der Waals surface area contributed by atoms with E-state index >= 15 is 4.39 Å². The van der Waals surface area contributed by atoms with E-state index in [9.17, 15) is 23.2 Å². The summed E-state index contributed by atoms with van der Waals surface area (Å²) in [5, 5.41) is 13.1. The Balaban J connectivity index is 1.92. The van der Waals surface area contributed by atoms with E-state index in [2.05, 4.69) is 4.98 Å². The van der Waals surface area contributed by atoms with Crippen LogP contribution in [0.25, 0.3) is 11.4 Å². The summed E-state index contributed by atoms with van der Waals surface area (Å²) in [5.41, 5.74) is 2.21. The summed E-state index contributed by atoms with van der Waals surface area (Å²) in [6.45, 7) is 2.94. The lowest BCUT2D eigenvalue weighted by atomic mass is 10.0. The van der Waals surface area contributed by atoms with Crippen molar-refractivity contribution in [2.75, 3.05) is 31.5 Å². The average molecular weight is 615 g/mol. The molecular formula is C31H30F4N4O5. The molecule has 0 aliphatic rings. The number of aryl methyl sites for hydroxylation is 1. The van der Waals surface area contributed by atoms with Crippen molar-refractivity contribution in [2.45, 2.75) is 33.1 Å². The summed E-state index contributed by atoms with van der Waals surface area (Å²) in [7, 11) is 3.05. The molecular weight excluding hydrogens is 584 g/mol. The molecule has 0 aliphatic heterocycles. The summed E-state index contributed by atoms with van der Waals surface area (Å²) in [5.74, 6) is -1.37. The van der Waals surface area contributed by atoms with Crippen molar-refractivity contribution in [3.8, 4) is 22.9 Å². The van der Waals surface area contributed by atoms with E-state index in [0.717, 1.165) is 11.1 Å². The van der Waals surface area contributed by atoms with Crippen LogP contribution in [-0.2, 0) is 24.0 Å². The molecule has 0 unspecified atom stereocenters. The van der Waals surface area contributed by atoms with Gasteiger partial charge in [-0.3, -0.25) is 0 Å². The fraction of sp³-hybridized carbons (Fsp3) is 0.258. The van der Waals surface area contributed by atoms with Crippen molar-refractivity contribution in [3.05, 3.63) is 99.6 Å². The van der Waals surface area contributed by atoms with Crippen LogP contribution in [0.4, 0.5) is 29.1 Å². The molecule has 232 valence electrons. The van der Waals surface area contributed by atoms with Gasteiger partial charge in [-0.05, 0) is 60.9 Å². The summed E-state index contributed by atoms with van der Waals surface area (Å²) < 4.78 is 74.0. The summed E-state index contributed by atoms with van der Waals surface area (Å²) in [6.07, 6.45) is -4.43. The first-order valence-electron chi connectivity index (χ1n) is 13.4. The Bertz CT molecular complexity index is 1600. The number of nitrogen functional groups attached to an aromatic ring is 1. The van der Waals surface area contributed by atoms with Gasteiger partial charge in [0.05, 0.1) is 32.1 Å². The molecule has 0 radical (unpaired) electrons. The predicted octanol–water partition coefficient (Wildman–Crippen LogP) is 5.83. The minimum absolute atomic E-state index is 0.0320. The number of anilines is 2. The highest BCUT2D eigenvalue weighted by Crippen LogP contribution is 2.41. The Labute approximate surface area is 251 Å². The molecule has 2 aromatic heterocycles. The predicted molar refractivity (Wildman–Crippen MR) is 155 cm³/mol. The van der Waals surface area contributed by atoms with Gasteiger partial charge in [0, 0.05) is 13.1 Å². The highest BCUT2D eigenvalue weighted by Gasteiger charge is 2.41. The van der Waals surface area contributed by atoms with Gasteiger partial charge in [0.1, 0.15) is 17.3 Å². The lowest BCUT2D eigenvalue weighted by Gasteiger charge is -2.26. The first kappa shape index (κ1) is 31.9. The van der Waals surface area contributed by atoms with Crippen molar-refractivity contribution in [1.82, 2.24) is 4.98 Å². The molecule has 0 amide bonds. The van der Waals surface area contributed by atoms with Gasteiger partial charge in [-0.15, -0.1) is 0 Å². The zero-order valence-electron chi connectivity index (χ0n) is 24.4. The number of hydrogen-bond acceptors (Lipinski definition) is 8. The third-order valence-electron chi connectivity index (χ3n) is 6.80. The van der Waals surface area contributed by atoms with Crippen LogP contribution in [0.15, 0.2) is 60.8 Å². The third-order valence-corrected chi connectivity index (χ3v) is 6.80. The molecule has 0 bridgehead atoms. The van der Waals surface area contributed by atoms with Gasteiger partial charge in [0.15, 0.2) is 17.5 Å². The van der Waals surface area contributed by atoms with E-state index in [1.165, 1.54) is 34.1 Å². The molecule has 0 aliphatic carbocycles. The summed E-state index contributed by atoms with van der Waals surface area (Å²) >= 11 is 0. The Morgan fingerprint density at radius 1 is 1.00 bits per heavy atom. The number of ether oxygens (including phenoxy) is 3. The lowest BCUT2D eigenvalue weighted by Crippen LogP contribution is -2.35. The zero-order valence-corrected chi connectivity index (χ0v) is 24.4. The standard InChI is InChI=1S/C31H30F4N4O5/c1-5-44-30(40)23-17-39(41)29(26(32)27(23)36)28-25(31(33,34)35)18(2)14-24(37-28)38(15-19-6-10-21(42-3)11-7-19)16-20-8-12-22(43-4)13-9-20/h6-14,17H,5,15-16,36H2,1-4H3. The number of pyridine rings is 2. The Hall–Kier alpha value is -5.07. The molecule has 2 aromatic carbocycles. The largest absolute Gasteiger partial charge is 0.618 e. The van der Waals surface area contributed by atoms with Gasteiger partial charge in [-0.1, -0.05) is 24.3 Å². The van der Waals surface area contributed by atoms with E-state index in [4.69, 9.17) is 19.9 Å². The average Bonchev–Trinajstić information content (AvgIpc) is 2.98. The minimum atomic E-state index is -5.02. The second-order valence-electron chi connectivity index (χ2n) is 9.74. The number of halogens is 4. The number of esters is 1. The smallest absolute Gasteiger partial charge is 0.419 e. The van der Waals surface area contributed by atoms with E-state index in [-0.39, 0.29) is 35.8 Å². The van der Waals surface area contributed by atoms with Gasteiger partial charge >= 0.3 is 12.1 Å². The number of carbonyl (C=O) groups excluding carboxylic acids is 1. The van der Waals surface area contributed by atoms with Crippen LogP contribution in [0.1, 0.15) is 39.5 Å². The highest BCUT2D eigenvalue weighted by atomic mass is 19.4. The van der Waals surface area contributed by atoms with Crippen molar-refractivity contribution < 1.29 is 41.3 Å². The molecule has 9 nitrogen and oxygen atoms in total. The van der Waals surface area contributed by atoms with E-state index in [1.54, 1.807) is 53.4 Å². The first-order valence-corrected chi connectivity index (χ1v) is 13.4. The molecule has 0 saturated carbocycles. The molecule has 0 atom stereocenters.